The molecule has 0 radical (unpaired) electrons. The summed E-state index contributed by atoms with van der Waals surface area (Å²) in [5.74, 6) is -2.41. The number of benzene rings is 1. The van der Waals surface area contributed by atoms with Gasteiger partial charge in [-0.2, -0.15) is 13.2 Å². The summed E-state index contributed by atoms with van der Waals surface area (Å²) < 4.78 is 60.0. The Morgan fingerprint density at radius 3 is 2.41 bits per heavy atom. The molecule has 3 rings (SSSR count). The molecule has 0 fully saturated rings. The van der Waals surface area contributed by atoms with E-state index in [2.05, 4.69) is 10.3 Å². The van der Waals surface area contributed by atoms with Gasteiger partial charge in [0.2, 0.25) is 5.60 Å². The first-order valence-electron chi connectivity index (χ1n) is 13.5. The minimum atomic E-state index is -5.29. The molecule has 2 atom stereocenters. The molecule has 0 bridgehead atoms. The van der Waals surface area contributed by atoms with Crippen molar-refractivity contribution in [1.29, 1.82) is 0 Å². The van der Waals surface area contributed by atoms with Crippen molar-refractivity contribution < 1.29 is 52.3 Å². The van der Waals surface area contributed by atoms with Crippen molar-refractivity contribution in [3.63, 3.8) is 0 Å². The number of carbonyl (C=O) groups is 2. The highest BCUT2D eigenvalue weighted by Gasteiger charge is 2.56. The second-order valence-electron chi connectivity index (χ2n) is 11.0. The third-order valence-corrected chi connectivity index (χ3v) is 6.61. The van der Waals surface area contributed by atoms with Crippen LogP contribution in [0.1, 0.15) is 47.6 Å². The van der Waals surface area contributed by atoms with Crippen LogP contribution in [-0.2, 0) is 10.4 Å². The zero-order chi connectivity index (χ0) is 32.9. The number of methoxy groups -OCH3 is 1. The molecule has 0 spiro atoms. The van der Waals surface area contributed by atoms with Crippen molar-refractivity contribution in [2.45, 2.75) is 44.5 Å². The number of aliphatic carboxylic acids is 1. The molecule has 14 heteroatoms. The molecule has 0 aliphatic heterocycles. The summed E-state index contributed by atoms with van der Waals surface area (Å²) in [4.78, 5) is 28.5. The maximum absolute atomic E-state index is 14.5. The third-order valence-electron chi connectivity index (χ3n) is 6.61. The topological polar surface area (TPSA) is 173 Å². The number of halogens is 3. The van der Waals surface area contributed by atoms with Crippen molar-refractivity contribution in [2.75, 3.05) is 33.5 Å². The average molecular weight is 624 g/mol. The van der Waals surface area contributed by atoms with E-state index in [1.54, 1.807) is 13.8 Å². The highest BCUT2D eigenvalue weighted by atomic mass is 19.4. The quantitative estimate of drug-likeness (QED) is 0.223. The number of nitrogens with zero attached hydrogens (tertiary/aromatic N) is 1. The number of nitrogens with two attached hydrogens (primary N) is 1. The molecule has 11 nitrogen and oxygen atoms in total. The van der Waals surface area contributed by atoms with Gasteiger partial charge in [0.15, 0.2) is 11.5 Å². The number of carboxylic acids is 1. The summed E-state index contributed by atoms with van der Waals surface area (Å²) in [7, 11) is 1.30. The van der Waals surface area contributed by atoms with E-state index < -0.39 is 47.3 Å². The Morgan fingerprint density at radius 1 is 1.16 bits per heavy atom. The predicted molar refractivity (Wildman–Crippen MR) is 153 cm³/mol. The van der Waals surface area contributed by atoms with Crippen LogP contribution < -0.4 is 25.3 Å². The standard InChI is InChI=1S/C30H36F3N3O8/c1-17-13-23(36-24(25(17)44-16-28(2,3)34)18-5-7-19(8-6-18)27(39)40)29(41,30(31,32)33)15-35-26(38)20-9-10-21(43-12-11-37)22(14-20)42-4/h5-7,9-10,13-14,19,37,41H,8,11-12,15-16,34H2,1-4H3,(H,35,38)(H,39,40). The van der Waals surface area contributed by atoms with E-state index in [9.17, 15) is 33.0 Å². The number of hydrogen-bond acceptors (Lipinski definition) is 9. The number of aliphatic hydroxyl groups is 2. The Hall–Kier alpha value is -4.14. The molecule has 1 aromatic carbocycles. The Morgan fingerprint density at radius 2 is 1.86 bits per heavy atom. The van der Waals surface area contributed by atoms with Crippen LogP contribution in [0.25, 0.3) is 5.57 Å². The minimum Gasteiger partial charge on any atom is -0.493 e. The molecule has 1 amide bonds. The van der Waals surface area contributed by atoms with E-state index in [4.69, 9.17) is 25.1 Å². The minimum absolute atomic E-state index is 0.0243. The molecular formula is C30H36F3N3O8. The molecule has 6 N–H and O–H groups in total. The van der Waals surface area contributed by atoms with Gasteiger partial charge in [-0.15, -0.1) is 0 Å². The fourth-order valence-corrected chi connectivity index (χ4v) is 4.22. The normalized spacial score (nSPS) is 16.5. The molecule has 44 heavy (non-hydrogen) atoms. The molecule has 240 valence electrons. The van der Waals surface area contributed by atoms with Crippen LogP contribution >= 0.6 is 0 Å². The first-order chi connectivity index (χ1) is 20.5. The zero-order valence-electron chi connectivity index (χ0n) is 24.7. The molecule has 1 aromatic heterocycles. The predicted octanol–water partition coefficient (Wildman–Crippen LogP) is 3.11. The lowest BCUT2D eigenvalue weighted by molar-refractivity contribution is -0.265. The molecule has 2 unspecified atom stereocenters. The Labute approximate surface area is 252 Å². The lowest BCUT2D eigenvalue weighted by Gasteiger charge is -2.31. The van der Waals surface area contributed by atoms with Crippen LogP contribution in [0.5, 0.6) is 17.2 Å². The van der Waals surface area contributed by atoms with Crippen molar-refractivity contribution in [2.24, 2.45) is 11.7 Å². The number of aryl methyl sites for hydroxylation is 1. The van der Waals surface area contributed by atoms with Gasteiger partial charge >= 0.3 is 12.1 Å². The molecule has 0 saturated carbocycles. The number of carbonyl (C=O) groups excluding carboxylic acids is 1. The first kappa shape index (κ1) is 34.4. The number of alkyl halides is 3. The number of hydrogen-bond donors (Lipinski definition) is 5. The van der Waals surface area contributed by atoms with E-state index in [0.29, 0.717) is 5.57 Å². The Kier molecular flexibility index (Phi) is 10.7. The highest BCUT2D eigenvalue weighted by Crippen LogP contribution is 2.41. The summed E-state index contributed by atoms with van der Waals surface area (Å²) in [6.45, 7) is 3.22. The number of nitrogens with one attached hydrogen (secondary N) is 1. The Bertz CT molecular complexity index is 1440. The maximum atomic E-state index is 14.5. The highest BCUT2D eigenvalue weighted by molar-refractivity contribution is 5.95. The number of aliphatic hydroxyl groups excluding tert-OH is 1. The van der Waals surface area contributed by atoms with Gasteiger partial charge in [0.25, 0.3) is 5.91 Å². The summed E-state index contributed by atoms with van der Waals surface area (Å²) in [5.41, 5.74) is 1.15. The molecule has 0 saturated heterocycles. The van der Waals surface area contributed by atoms with Gasteiger partial charge in [0, 0.05) is 11.1 Å². The van der Waals surface area contributed by atoms with Gasteiger partial charge in [-0.3, -0.25) is 9.59 Å². The second-order valence-corrected chi connectivity index (χ2v) is 11.0. The van der Waals surface area contributed by atoms with Crippen LogP contribution in [0.4, 0.5) is 13.2 Å². The second kappa shape index (κ2) is 13.7. The number of carboxylic acid groups (broad SMARTS) is 1. The van der Waals surface area contributed by atoms with E-state index in [-0.39, 0.29) is 60.3 Å². The van der Waals surface area contributed by atoms with E-state index >= 15 is 0 Å². The molecule has 1 aliphatic rings. The number of pyridine rings is 1. The molecule has 1 heterocycles. The SMILES string of the molecule is COc1cc(C(=O)NCC(O)(c2cc(C)c(OCC(C)(C)N)c(C3=CCC(C(=O)O)C=C3)n2)C(F)(F)F)ccc1OCCO. The van der Waals surface area contributed by atoms with E-state index in [0.717, 1.165) is 6.07 Å². The largest absolute Gasteiger partial charge is 0.493 e. The summed E-state index contributed by atoms with van der Waals surface area (Å²) in [5, 5.41) is 31.5. The monoisotopic (exact) mass is 623 g/mol. The average Bonchev–Trinajstić information content (AvgIpc) is 2.96. The van der Waals surface area contributed by atoms with Crippen LogP contribution in [0.15, 0.2) is 42.5 Å². The molecule has 2 aromatic rings. The zero-order valence-corrected chi connectivity index (χ0v) is 24.7. The Balaban J connectivity index is 2.01. The van der Waals surface area contributed by atoms with Gasteiger partial charge < -0.3 is 40.6 Å². The lowest BCUT2D eigenvalue weighted by Crippen LogP contribution is -2.51. The van der Waals surface area contributed by atoms with Crippen molar-refractivity contribution >= 4 is 17.4 Å². The summed E-state index contributed by atoms with van der Waals surface area (Å²) in [6.07, 6.45) is -0.905. The van der Waals surface area contributed by atoms with Gasteiger partial charge in [-0.25, -0.2) is 4.98 Å². The molecular weight excluding hydrogens is 587 g/mol. The third kappa shape index (κ3) is 8.07. The number of amides is 1. The van der Waals surface area contributed by atoms with E-state index in [1.807, 2.05) is 0 Å². The number of aromatic nitrogens is 1. The van der Waals surface area contributed by atoms with Crippen molar-refractivity contribution in [1.82, 2.24) is 10.3 Å². The fourth-order valence-electron chi connectivity index (χ4n) is 4.22. The van der Waals surface area contributed by atoms with Crippen LogP contribution in [0.2, 0.25) is 0 Å². The van der Waals surface area contributed by atoms with Crippen molar-refractivity contribution in [3.8, 4) is 17.2 Å². The van der Waals surface area contributed by atoms with E-state index in [1.165, 1.54) is 50.5 Å². The first-order valence-corrected chi connectivity index (χ1v) is 13.5. The fraction of sp³-hybridized carbons (Fsp3) is 0.433. The van der Waals surface area contributed by atoms with Gasteiger partial charge in [0.1, 0.15) is 24.7 Å². The van der Waals surface area contributed by atoms with Gasteiger partial charge in [-0.1, -0.05) is 18.2 Å². The number of allylic oxidation sites excluding steroid dienone is 3. The summed E-state index contributed by atoms with van der Waals surface area (Å²) in [6, 6.07) is 4.91. The molecule has 1 aliphatic carbocycles. The van der Waals surface area contributed by atoms with Gasteiger partial charge in [0.05, 0.1) is 31.9 Å². The smallest absolute Gasteiger partial charge is 0.424 e. The maximum Gasteiger partial charge on any atom is 0.424 e. The number of ether oxygens (including phenoxy) is 3. The van der Waals surface area contributed by atoms with Crippen LogP contribution in [0, 0.1) is 12.8 Å². The summed E-state index contributed by atoms with van der Waals surface area (Å²) >= 11 is 0. The van der Waals surface area contributed by atoms with Crippen LogP contribution in [0.3, 0.4) is 0 Å². The van der Waals surface area contributed by atoms with Gasteiger partial charge in [-0.05, 0) is 62.6 Å². The lowest BCUT2D eigenvalue weighted by atomic mass is 9.92. The number of rotatable bonds is 13. The van der Waals surface area contributed by atoms with Crippen molar-refractivity contribution in [3.05, 3.63) is 65.0 Å². The van der Waals surface area contributed by atoms with Crippen LogP contribution in [-0.4, -0.2) is 77.4 Å².